The molecule has 6 heteroatoms. The van der Waals surface area contributed by atoms with Crippen molar-refractivity contribution in [1.82, 2.24) is 5.32 Å². The predicted molar refractivity (Wildman–Crippen MR) is 75.6 cm³/mol. The first kappa shape index (κ1) is 14.6. The van der Waals surface area contributed by atoms with Gasteiger partial charge in [-0.3, -0.25) is 4.79 Å². The van der Waals surface area contributed by atoms with Crippen molar-refractivity contribution >= 4 is 11.9 Å². The van der Waals surface area contributed by atoms with Crippen LogP contribution in [0.2, 0.25) is 0 Å². The lowest BCUT2D eigenvalue weighted by molar-refractivity contribution is -0.144. The zero-order chi connectivity index (χ0) is 16.1. The largest absolute Gasteiger partial charge is 0.497 e. The van der Waals surface area contributed by atoms with Crippen LogP contribution in [0.15, 0.2) is 29.5 Å². The standard InChI is InChI=1S/C16H16FNO4/c1-16(2)14-13(15(20)22-16)10(7-12(19)18-14)9-5-4-8(21-3)6-11(9)17/h4-6,10H,7H2,1-3H3,(H,18,19)/t10-/m0/s1. The first-order valence-corrected chi connectivity index (χ1v) is 6.95. The maximum Gasteiger partial charge on any atom is 0.337 e. The van der Waals surface area contributed by atoms with Crippen molar-refractivity contribution in [3.8, 4) is 5.75 Å². The van der Waals surface area contributed by atoms with Crippen LogP contribution in [-0.2, 0) is 14.3 Å². The van der Waals surface area contributed by atoms with Crippen LogP contribution >= 0.6 is 0 Å². The van der Waals surface area contributed by atoms with Crippen LogP contribution in [0.4, 0.5) is 4.39 Å². The van der Waals surface area contributed by atoms with Crippen molar-refractivity contribution in [3.05, 3.63) is 40.8 Å². The smallest absolute Gasteiger partial charge is 0.337 e. The zero-order valence-electron chi connectivity index (χ0n) is 12.5. The summed E-state index contributed by atoms with van der Waals surface area (Å²) in [6, 6.07) is 4.39. The normalized spacial score (nSPS) is 23.0. The highest BCUT2D eigenvalue weighted by Gasteiger charge is 2.48. The van der Waals surface area contributed by atoms with E-state index < -0.39 is 23.3 Å². The Labute approximate surface area is 127 Å². The van der Waals surface area contributed by atoms with Crippen molar-refractivity contribution in [2.45, 2.75) is 31.8 Å². The molecule has 1 atom stereocenters. The van der Waals surface area contributed by atoms with E-state index in [4.69, 9.17) is 9.47 Å². The fourth-order valence-electron chi connectivity index (χ4n) is 2.96. The molecule has 0 saturated carbocycles. The molecule has 0 aliphatic carbocycles. The number of carbonyl (C=O) groups excluding carboxylic acids is 2. The number of carbonyl (C=O) groups is 2. The van der Waals surface area contributed by atoms with E-state index in [2.05, 4.69) is 5.32 Å². The van der Waals surface area contributed by atoms with Gasteiger partial charge in [0.1, 0.15) is 17.2 Å². The van der Waals surface area contributed by atoms with Gasteiger partial charge in [0, 0.05) is 18.4 Å². The number of methoxy groups -OCH3 is 1. The second-order valence-electron chi connectivity index (χ2n) is 5.88. The minimum atomic E-state index is -0.913. The lowest BCUT2D eigenvalue weighted by atomic mass is 9.82. The van der Waals surface area contributed by atoms with E-state index in [1.54, 1.807) is 26.0 Å². The Morgan fingerprint density at radius 2 is 2.09 bits per heavy atom. The number of esters is 1. The van der Waals surface area contributed by atoms with E-state index in [0.717, 1.165) is 0 Å². The summed E-state index contributed by atoms with van der Waals surface area (Å²) in [6.07, 6.45) is 0.00720. The Morgan fingerprint density at radius 1 is 1.36 bits per heavy atom. The maximum absolute atomic E-state index is 14.3. The number of benzene rings is 1. The number of nitrogens with one attached hydrogen (secondary N) is 1. The second-order valence-corrected chi connectivity index (χ2v) is 5.88. The summed E-state index contributed by atoms with van der Waals surface area (Å²) in [5, 5.41) is 2.69. The molecule has 2 aliphatic rings. The van der Waals surface area contributed by atoms with Crippen LogP contribution in [0.25, 0.3) is 0 Å². The third-order valence-corrected chi connectivity index (χ3v) is 4.02. The van der Waals surface area contributed by atoms with E-state index in [1.807, 2.05) is 0 Å². The highest BCUT2D eigenvalue weighted by atomic mass is 19.1. The molecular weight excluding hydrogens is 289 g/mol. The first-order valence-electron chi connectivity index (χ1n) is 6.95. The first-order chi connectivity index (χ1) is 10.3. The van der Waals surface area contributed by atoms with Crippen LogP contribution in [-0.4, -0.2) is 24.6 Å². The van der Waals surface area contributed by atoms with Gasteiger partial charge < -0.3 is 14.8 Å². The van der Waals surface area contributed by atoms with Gasteiger partial charge in [0.25, 0.3) is 0 Å². The van der Waals surface area contributed by atoms with Gasteiger partial charge in [-0.25, -0.2) is 9.18 Å². The van der Waals surface area contributed by atoms with E-state index in [1.165, 1.54) is 13.2 Å². The van der Waals surface area contributed by atoms with Crippen molar-refractivity contribution in [2.24, 2.45) is 0 Å². The third kappa shape index (κ3) is 2.15. The van der Waals surface area contributed by atoms with E-state index in [0.29, 0.717) is 17.0 Å². The fourth-order valence-corrected chi connectivity index (χ4v) is 2.96. The van der Waals surface area contributed by atoms with Crippen molar-refractivity contribution in [3.63, 3.8) is 0 Å². The van der Waals surface area contributed by atoms with Gasteiger partial charge in [0.2, 0.25) is 5.91 Å². The summed E-state index contributed by atoms with van der Waals surface area (Å²) in [6.45, 7) is 3.39. The van der Waals surface area contributed by atoms with Gasteiger partial charge in [-0.15, -0.1) is 0 Å². The third-order valence-electron chi connectivity index (χ3n) is 4.02. The molecule has 2 aliphatic heterocycles. The lowest BCUT2D eigenvalue weighted by Gasteiger charge is -2.27. The van der Waals surface area contributed by atoms with Gasteiger partial charge in [0.05, 0.1) is 18.4 Å². The summed E-state index contributed by atoms with van der Waals surface area (Å²) in [4.78, 5) is 24.1. The Morgan fingerprint density at radius 3 is 2.73 bits per heavy atom. The SMILES string of the molecule is COc1ccc([C@@H]2CC(=O)NC3=C2C(=O)OC3(C)C)c(F)c1. The number of hydrogen-bond acceptors (Lipinski definition) is 4. The molecule has 2 heterocycles. The average molecular weight is 305 g/mol. The van der Waals surface area contributed by atoms with E-state index in [-0.39, 0.29) is 17.9 Å². The van der Waals surface area contributed by atoms with Crippen molar-refractivity contribution < 1.29 is 23.5 Å². The number of hydrogen-bond donors (Lipinski definition) is 1. The van der Waals surface area contributed by atoms with Gasteiger partial charge >= 0.3 is 5.97 Å². The van der Waals surface area contributed by atoms with E-state index >= 15 is 0 Å². The molecule has 0 spiro atoms. The summed E-state index contributed by atoms with van der Waals surface area (Å²) < 4.78 is 24.6. The summed E-state index contributed by atoms with van der Waals surface area (Å²) in [7, 11) is 1.44. The molecular formula is C16H16FNO4. The average Bonchev–Trinajstić information content (AvgIpc) is 2.67. The van der Waals surface area contributed by atoms with Gasteiger partial charge in [-0.05, 0) is 25.5 Å². The quantitative estimate of drug-likeness (QED) is 0.849. The molecule has 1 aromatic carbocycles. The monoisotopic (exact) mass is 305 g/mol. The molecule has 0 fully saturated rings. The Balaban J connectivity index is 2.12. The summed E-state index contributed by atoms with van der Waals surface area (Å²) in [5.74, 6) is -1.55. The van der Waals surface area contributed by atoms with Crippen LogP contribution in [0.1, 0.15) is 31.7 Å². The number of amides is 1. The molecule has 0 bridgehead atoms. The Hall–Kier alpha value is -2.37. The number of halogens is 1. The lowest BCUT2D eigenvalue weighted by Crippen LogP contribution is -2.38. The van der Waals surface area contributed by atoms with Crippen molar-refractivity contribution in [2.75, 3.05) is 7.11 Å². The van der Waals surface area contributed by atoms with E-state index in [9.17, 15) is 14.0 Å². The Kier molecular flexibility index (Phi) is 3.20. The van der Waals surface area contributed by atoms with Crippen LogP contribution in [0.3, 0.4) is 0 Å². The van der Waals surface area contributed by atoms with Crippen LogP contribution < -0.4 is 10.1 Å². The maximum atomic E-state index is 14.3. The molecule has 0 radical (unpaired) electrons. The van der Waals surface area contributed by atoms with Gasteiger partial charge in [-0.1, -0.05) is 6.07 Å². The fraction of sp³-hybridized carbons (Fsp3) is 0.375. The molecule has 0 saturated heterocycles. The molecule has 22 heavy (non-hydrogen) atoms. The molecule has 116 valence electrons. The van der Waals surface area contributed by atoms with Crippen LogP contribution in [0.5, 0.6) is 5.75 Å². The highest BCUT2D eigenvalue weighted by Crippen LogP contribution is 2.43. The molecule has 1 amide bonds. The van der Waals surface area contributed by atoms with Crippen LogP contribution in [0, 0.1) is 5.82 Å². The van der Waals surface area contributed by atoms with Crippen molar-refractivity contribution in [1.29, 1.82) is 0 Å². The highest BCUT2D eigenvalue weighted by molar-refractivity contribution is 5.99. The number of cyclic esters (lactones) is 1. The number of ether oxygens (including phenoxy) is 2. The molecule has 1 aromatic rings. The zero-order valence-corrected chi connectivity index (χ0v) is 12.5. The molecule has 5 nitrogen and oxygen atoms in total. The van der Waals surface area contributed by atoms with Gasteiger partial charge in [0.15, 0.2) is 0 Å². The molecule has 0 unspecified atom stereocenters. The summed E-state index contributed by atoms with van der Waals surface area (Å²) >= 11 is 0. The molecule has 0 aromatic heterocycles. The Bertz CT molecular complexity index is 708. The molecule has 3 rings (SSSR count). The van der Waals surface area contributed by atoms with Gasteiger partial charge in [-0.2, -0.15) is 0 Å². The minimum absolute atomic E-state index is 0.00720. The summed E-state index contributed by atoms with van der Waals surface area (Å²) in [5.41, 5.74) is 0.129. The second kappa shape index (κ2) is 4.83. The predicted octanol–water partition coefficient (Wildman–Crippen LogP) is 2.03. The topological polar surface area (TPSA) is 64.6 Å². The minimum Gasteiger partial charge on any atom is -0.497 e. The number of rotatable bonds is 2. The molecule has 1 N–H and O–H groups in total.